The van der Waals surface area contributed by atoms with E-state index in [0.29, 0.717) is 42.4 Å². The largest absolute Gasteiger partial charge is 0.348 e. The van der Waals surface area contributed by atoms with Crippen LogP contribution in [0, 0.1) is 17.0 Å². The van der Waals surface area contributed by atoms with E-state index in [1.165, 1.54) is 18.2 Å². The molecule has 154 valence electrons. The number of hydrogen-bond donors (Lipinski definition) is 2. The number of non-ortho nitro benzene ring substituents is 1. The summed E-state index contributed by atoms with van der Waals surface area (Å²) in [5.74, 6) is -0.393. The van der Waals surface area contributed by atoms with Crippen LogP contribution in [0.25, 0.3) is 10.9 Å². The van der Waals surface area contributed by atoms with Crippen LogP contribution >= 0.6 is 0 Å². The molecule has 2 aromatic carbocycles. The summed E-state index contributed by atoms with van der Waals surface area (Å²) < 4.78 is 0. The van der Waals surface area contributed by atoms with E-state index in [1.54, 1.807) is 4.90 Å². The Hall–Kier alpha value is -3.75. The van der Waals surface area contributed by atoms with Crippen LogP contribution in [0.1, 0.15) is 39.3 Å². The minimum atomic E-state index is -0.505. The topological polar surface area (TPSA) is 121 Å². The fourth-order valence-electron chi connectivity index (χ4n) is 3.65. The Kier molecular flexibility index (Phi) is 5.18. The molecule has 3 aromatic rings. The number of likely N-dealkylation sites (tertiary alicyclic amines) is 1. The first-order valence-corrected chi connectivity index (χ1v) is 9.71. The van der Waals surface area contributed by atoms with Crippen LogP contribution in [0.5, 0.6) is 0 Å². The van der Waals surface area contributed by atoms with E-state index < -0.39 is 4.92 Å². The molecule has 2 heterocycles. The molecule has 0 radical (unpaired) electrons. The third-order valence-corrected chi connectivity index (χ3v) is 5.39. The number of nitrogens with zero attached hydrogens (tertiary/aromatic N) is 3. The fourth-order valence-corrected chi connectivity index (χ4v) is 3.65. The number of piperidine rings is 1. The second kappa shape index (κ2) is 7.94. The molecule has 9 nitrogen and oxygen atoms in total. The third kappa shape index (κ3) is 3.86. The standard InChI is InChI=1S/C21H21N5O4/c1-13-2-4-14(5-3-13)21(28)25-10-8-15(9-11-25)22-20(27)19-17-12-16(26(29)30)6-7-18(17)23-24-19/h2-7,12,15H,8-11H2,1H3,(H,22,27)(H,23,24). The van der Waals surface area contributed by atoms with Crippen molar-refractivity contribution in [1.82, 2.24) is 20.4 Å². The van der Waals surface area contributed by atoms with Crippen molar-refractivity contribution in [2.24, 2.45) is 0 Å². The zero-order chi connectivity index (χ0) is 21.3. The van der Waals surface area contributed by atoms with Crippen molar-refractivity contribution in [3.8, 4) is 0 Å². The van der Waals surface area contributed by atoms with E-state index in [-0.39, 0.29) is 29.2 Å². The predicted molar refractivity (Wildman–Crippen MR) is 110 cm³/mol. The third-order valence-electron chi connectivity index (χ3n) is 5.39. The molecular weight excluding hydrogens is 386 g/mol. The van der Waals surface area contributed by atoms with Gasteiger partial charge >= 0.3 is 0 Å². The summed E-state index contributed by atoms with van der Waals surface area (Å²) in [6, 6.07) is 11.6. The van der Waals surface area contributed by atoms with Crippen molar-refractivity contribution in [1.29, 1.82) is 0 Å². The number of hydrogen-bond acceptors (Lipinski definition) is 5. The number of rotatable bonds is 4. The van der Waals surface area contributed by atoms with E-state index >= 15 is 0 Å². The Bertz CT molecular complexity index is 1110. The first-order chi connectivity index (χ1) is 14.4. The average molecular weight is 407 g/mol. The Morgan fingerprint density at radius 2 is 1.87 bits per heavy atom. The molecule has 30 heavy (non-hydrogen) atoms. The number of carbonyl (C=O) groups is 2. The van der Waals surface area contributed by atoms with Gasteiger partial charge in [-0.15, -0.1) is 0 Å². The van der Waals surface area contributed by atoms with Crippen LogP contribution in [0.2, 0.25) is 0 Å². The fraction of sp³-hybridized carbons (Fsp3) is 0.286. The molecular formula is C21H21N5O4. The van der Waals surface area contributed by atoms with Gasteiger partial charge in [-0.1, -0.05) is 17.7 Å². The number of aromatic nitrogens is 2. The maximum atomic E-state index is 12.7. The second-order valence-electron chi connectivity index (χ2n) is 7.47. The quantitative estimate of drug-likeness (QED) is 0.509. The van der Waals surface area contributed by atoms with Gasteiger partial charge in [0.2, 0.25) is 0 Å². The summed E-state index contributed by atoms with van der Waals surface area (Å²) in [5, 5.41) is 21.1. The van der Waals surface area contributed by atoms with Crippen LogP contribution in [0.4, 0.5) is 5.69 Å². The molecule has 0 aliphatic carbocycles. The van der Waals surface area contributed by atoms with Gasteiger partial charge in [0, 0.05) is 42.2 Å². The SMILES string of the molecule is Cc1ccc(C(=O)N2CCC(NC(=O)c3n[nH]c4ccc([N+](=O)[O-])cc34)CC2)cc1. The summed E-state index contributed by atoms with van der Waals surface area (Å²) in [7, 11) is 0. The van der Waals surface area contributed by atoms with E-state index in [4.69, 9.17) is 0 Å². The maximum Gasteiger partial charge on any atom is 0.272 e. The smallest absolute Gasteiger partial charge is 0.272 e. The molecule has 0 unspecified atom stereocenters. The molecule has 1 aliphatic heterocycles. The predicted octanol–water partition coefficient (Wildman–Crippen LogP) is 2.81. The minimum absolute atomic E-state index is 0.00891. The first kappa shape index (κ1) is 19.6. The van der Waals surface area contributed by atoms with Gasteiger partial charge in [-0.05, 0) is 38.0 Å². The molecule has 1 saturated heterocycles. The van der Waals surface area contributed by atoms with Crippen molar-refractivity contribution >= 4 is 28.4 Å². The summed E-state index contributed by atoms with van der Waals surface area (Å²) in [6.45, 7) is 3.07. The van der Waals surface area contributed by atoms with Gasteiger partial charge in [-0.25, -0.2) is 0 Å². The van der Waals surface area contributed by atoms with Crippen LogP contribution in [0.15, 0.2) is 42.5 Å². The van der Waals surface area contributed by atoms with Crippen LogP contribution in [-0.2, 0) is 0 Å². The van der Waals surface area contributed by atoms with Crippen molar-refractivity contribution < 1.29 is 14.5 Å². The zero-order valence-corrected chi connectivity index (χ0v) is 16.4. The van der Waals surface area contributed by atoms with Crippen molar-refractivity contribution in [3.05, 3.63) is 69.4 Å². The molecule has 1 aromatic heterocycles. The van der Waals surface area contributed by atoms with Gasteiger partial charge < -0.3 is 10.2 Å². The Labute approximate surface area is 172 Å². The van der Waals surface area contributed by atoms with E-state index in [0.717, 1.165) is 5.56 Å². The number of nitro groups is 1. The lowest BCUT2D eigenvalue weighted by molar-refractivity contribution is -0.384. The normalized spacial score (nSPS) is 14.6. The van der Waals surface area contributed by atoms with Gasteiger partial charge in [0.25, 0.3) is 17.5 Å². The van der Waals surface area contributed by atoms with Gasteiger partial charge in [-0.2, -0.15) is 5.10 Å². The van der Waals surface area contributed by atoms with Gasteiger partial charge in [0.05, 0.1) is 10.4 Å². The van der Waals surface area contributed by atoms with Gasteiger partial charge in [0.1, 0.15) is 0 Å². The van der Waals surface area contributed by atoms with Crippen LogP contribution in [-0.4, -0.2) is 51.0 Å². The van der Waals surface area contributed by atoms with E-state index in [9.17, 15) is 19.7 Å². The van der Waals surface area contributed by atoms with Gasteiger partial charge in [-0.3, -0.25) is 24.8 Å². The summed E-state index contributed by atoms with van der Waals surface area (Å²) >= 11 is 0. The number of fused-ring (bicyclic) bond motifs is 1. The van der Waals surface area contributed by atoms with Crippen molar-refractivity contribution in [3.63, 3.8) is 0 Å². The Morgan fingerprint density at radius 3 is 2.53 bits per heavy atom. The molecule has 0 atom stereocenters. The number of aromatic amines is 1. The molecule has 0 saturated carbocycles. The van der Waals surface area contributed by atoms with E-state index in [1.807, 2.05) is 31.2 Å². The van der Waals surface area contributed by atoms with Crippen LogP contribution in [0.3, 0.4) is 0 Å². The Morgan fingerprint density at radius 1 is 1.17 bits per heavy atom. The first-order valence-electron chi connectivity index (χ1n) is 9.71. The van der Waals surface area contributed by atoms with Crippen molar-refractivity contribution in [2.45, 2.75) is 25.8 Å². The highest BCUT2D eigenvalue weighted by molar-refractivity contribution is 6.05. The molecule has 1 fully saturated rings. The second-order valence-corrected chi connectivity index (χ2v) is 7.47. The van der Waals surface area contributed by atoms with Crippen LogP contribution < -0.4 is 5.32 Å². The van der Waals surface area contributed by atoms with Gasteiger partial charge in [0.15, 0.2) is 5.69 Å². The highest BCUT2D eigenvalue weighted by atomic mass is 16.6. The summed E-state index contributed by atoms with van der Waals surface area (Å²) in [6.07, 6.45) is 1.26. The number of aryl methyl sites for hydroxylation is 1. The number of amides is 2. The highest BCUT2D eigenvalue weighted by Gasteiger charge is 2.26. The number of nitro benzene ring substituents is 1. The minimum Gasteiger partial charge on any atom is -0.348 e. The monoisotopic (exact) mass is 407 g/mol. The molecule has 4 rings (SSSR count). The van der Waals surface area contributed by atoms with E-state index in [2.05, 4.69) is 15.5 Å². The number of nitrogens with one attached hydrogen (secondary N) is 2. The lowest BCUT2D eigenvalue weighted by atomic mass is 10.0. The molecule has 0 bridgehead atoms. The zero-order valence-electron chi connectivity index (χ0n) is 16.4. The molecule has 9 heteroatoms. The molecule has 0 spiro atoms. The molecule has 2 amide bonds. The molecule has 2 N–H and O–H groups in total. The lowest BCUT2D eigenvalue weighted by Crippen LogP contribution is -2.46. The lowest BCUT2D eigenvalue weighted by Gasteiger charge is -2.32. The number of H-pyrrole nitrogens is 1. The average Bonchev–Trinajstić information content (AvgIpc) is 3.18. The summed E-state index contributed by atoms with van der Waals surface area (Å²) in [5.41, 5.74) is 2.36. The molecule has 1 aliphatic rings. The van der Waals surface area contributed by atoms with Crippen molar-refractivity contribution in [2.75, 3.05) is 13.1 Å². The number of benzene rings is 2. The Balaban J connectivity index is 1.39. The summed E-state index contributed by atoms with van der Waals surface area (Å²) in [4.78, 5) is 37.6. The maximum absolute atomic E-state index is 12.7. The highest BCUT2D eigenvalue weighted by Crippen LogP contribution is 2.22. The number of carbonyl (C=O) groups excluding carboxylic acids is 2.